The van der Waals surface area contributed by atoms with Crippen LogP contribution >= 0.6 is 7.82 Å². The average Bonchev–Trinajstić information content (AvgIpc) is 1.27. The summed E-state index contributed by atoms with van der Waals surface area (Å²) < 4.78 is 9.99. The first-order valence-electron chi connectivity index (χ1n) is 1.94. The minimum Gasteiger partial charge on any atom is -0.822 e. The van der Waals surface area contributed by atoms with Gasteiger partial charge in [-0.1, -0.05) is 0 Å². The van der Waals surface area contributed by atoms with Gasteiger partial charge in [-0.05, 0) is 0 Å². The van der Waals surface area contributed by atoms with Crippen molar-refractivity contribution in [2.75, 3.05) is 0 Å². The maximum Gasteiger partial charge on any atom is -0.159 e. The van der Waals surface area contributed by atoms with E-state index in [1.54, 1.807) is 0 Å². The molecule has 0 aromatic carbocycles. The number of hydrogen-bond donors (Lipinski definition) is 0. The van der Waals surface area contributed by atoms with E-state index < -0.39 is 7.82 Å². The maximum absolute atomic E-state index is 8.55. The van der Waals surface area contributed by atoms with Crippen molar-refractivity contribution in [2.45, 2.75) is 10.9 Å². The van der Waals surface area contributed by atoms with Crippen LogP contribution < -0.4 is 14.7 Å². The summed E-state index contributed by atoms with van der Waals surface area (Å²) in [4.78, 5) is 25.6. The Hall–Kier alpha value is 1.05. The Kier molecular flexibility index (Phi) is 9.10. The number of rotatable bonds is 0. The zero-order valence-corrected chi connectivity index (χ0v) is 10.9. The molecule has 0 fully saturated rings. The van der Waals surface area contributed by atoms with Crippen molar-refractivity contribution in [1.82, 2.24) is 0 Å². The van der Waals surface area contributed by atoms with Gasteiger partial charge in [0.15, 0.2) is 0 Å². The van der Waals surface area contributed by atoms with Gasteiger partial charge in [0, 0.05) is 0 Å². The van der Waals surface area contributed by atoms with Crippen LogP contribution in [0.5, 0.6) is 0 Å². The molecule has 0 N–H and O–H groups in total. The first kappa shape index (κ1) is 11.8. The Morgan fingerprint density at radius 2 is 1.50 bits per heavy atom. The van der Waals surface area contributed by atoms with Crippen molar-refractivity contribution >= 4 is 7.82 Å². The van der Waals surface area contributed by atoms with Crippen LogP contribution in [0.4, 0.5) is 0 Å². The van der Waals surface area contributed by atoms with Gasteiger partial charge in [0.25, 0.3) is 0 Å². The topological polar surface area (TPSA) is 86.2 Å². The van der Waals surface area contributed by atoms with E-state index in [4.69, 9.17) is 19.2 Å². The van der Waals surface area contributed by atoms with Crippen LogP contribution in [-0.4, -0.2) is 0 Å². The molecule has 6 heteroatoms. The van der Waals surface area contributed by atoms with Crippen molar-refractivity contribution < 1.29 is 45.4 Å². The summed E-state index contributed by atoms with van der Waals surface area (Å²) in [7, 11) is -5.39. The molecule has 0 unspecified atom stereocenters. The Balaban J connectivity index is 0. The third kappa shape index (κ3) is 236. The van der Waals surface area contributed by atoms with Gasteiger partial charge in [-0.25, -0.2) is 0 Å². The minimum atomic E-state index is -5.39. The van der Waals surface area contributed by atoms with E-state index in [-0.39, 0.29) is 0 Å². The molecule has 4 nitrogen and oxygen atoms in total. The van der Waals surface area contributed by atoms with Crippen LogP contribution in [0.15, 0.2) is 0 Å². The molecular formula is C2H5HgO4P. The van der Waals surface area contributed by atoms with Crippen molar-refractivity contribution in [2.24, 2.45) is 0 Å². The van der Waals surface area contributed by atoms with Crippen molar-refractivity contribution in [1.29, 1.82) is 0 Å². The second-order valence-electron chi connectivity index (χ2n) is 0.947. The molecular weight excluding hydrogens is 320 g/mol. The zero-order chi connectivity index (χ0) is 7.21. The largest absolute Gasteiger partial charge is 0.822 e. The van der Waals surface area contributed by atoms with Crippen LogP contribution in [-0.2, 0) is 30.7 Å². The maximum atomic E-state index is 8.55. The van der Waals surface area contributed by atoms with Gasteiger partial charge < -0.3 is 19.2 Å². The van der Waals surface area contributed by atoms with Crippen LogP contribution in [0.25, 0.3) is 0 Å². The quantitative estimate of drug-likeness (QED) is 0.386. The van der Waals surface area contributed by atoms with E-state index in [9.17, 15) is 0 Å². The van der Waals surface area contributed by atoms with Crippen LogP contribution in [0.1, 0.15) is 6.92 Å². The predicted molar refractivity (Wildman–Crippen MR) is 18.1 cm³/mol. The smallest absolute Gasteiger partial charge is 0.159 e. The molecule has 0 aliphatic rings. The van der Waals surface area contributed by atoms with E-state index >= 15 is 0 Å². The van der Waals surface area contributed by atoms with Gasteiger partial charge in [0.05, 0.1) is 0 Å². The van der Waals surface area contributed by atoms with Gasteiger partial charge in [0.1, 0.15) is 0 Å². The molecule has 44 valence electrons. The molecule has 0 aliphatic heterocycles. The van der Waals surface area contributed by atoms with E-state index in [0.717, 1.165) is 26.1 Å². The summed E-state index contributed by atoms with van der Waals surface area (Å²) in [5.74, 6) is 0. The molecule has 0 amide bonds. The fraction of sp³-hybridized carbons (Fsp3) is 1.00. The average molecular weight is 325 g/mol. The molecule has 0 aromatic rings. The molecule has 0 rings (SSSR count). The Morgan fingerprint density at radius 1 is 1.50 bits per heavy atom. The normalized spacial score (nSPS) is 9.75. The molecule has 0 radical (unpaired) electrons. The Labute approximate surface area is 64.1 Å². The van der Waals surface area contributed by atoms with Gasteiger partial charge in [-0.3, -0.25) is 0 Å². The van der Waals surface area contributed by atoms with Crippen LogP contribution in [0.2, 0.25) is 3.93 Å². The molecule has 0 saturated heterocycles. The van der Waals surface area contributed by atoms with Crippen molar-refractivity contribution in [3.8, 4) is 0 Å². The molecule has 0 aromatic heterocycles. The summed E-state index contributed by atoms with van der Waals surface area (Å²) in [6.45, 7) is 2.21. The molecule has 0 atom stereocenters. The van der Waals surface area contributed by atoms with Crippen LogP contribution in [0, 0.1) is 0 Å². The first-order chi connectivity index (χ1) is 3.41. The van der Waals surface area contributed by atoms with E-state index in [1.807, 2.05) is 0 Å². The van der Waals surface area contributed by atoms with Gasteiger partial charge in [-0.15, -0.1) is 0 Å². The van der Waals surface area contributed by atoms with E-state index in [2.05, 4.69) is 6.92 Å². The molecule has 0 bridgehead atoms. The third-order valence-electron chi connectivity index (χ3n) is 0. The summed E-state index contributed by atoms with van der Waals surface area (Å²) in [6.07, 6.45) is 0. The van der Waals surface area contributed by atoms with Crippen LogP contribution in [0.3, 0.4) is 0 Å². The van der Waals surface area contributed by atoms with E-state index in [1.165, 1.54) is 3.93 Å². The second-order valence-corrected chi connectivity index (χ2v) is 5.73. The third-order valence-corrected chi connectivity index (χ3v) is 0. The molecule has 0 spiro atoms. The van der Waals surface area contributed by atoms with Crippen molar-refractivity contribution in [3.63, 3.8) is 0 Å². The predicted octanol–water partition coefficient (Wildman–Crippen LogP) is -1.85. The molecule has 0 heterocycles. The summed E-state index contributed by atoms with van der Waals surface area (Å²) in [5.41, 5.74) is 0. The van der Waals surface area contributed by atoms with Gasteiger partial charge in [-0.2, -0.15) is 7.82 Å². The monoisotopic (exact) mass is 326 g/mol. The second kappa shape index (κ2) is 6.17. The van der Waals surface area contributed by atoms with E-state index in [0.29, 0.717) is 0 Å². The van der Waals surface area contributed by atoms with Gasteiger partial charge in [0.2, 0.25) is 0 Å². The Bertz CT molecular complexity index is 69.8. The SMILES string of the molecule is C[CH2][Hg+3].O=P([O-])([O-])[O-]. The molecule has 0 saturated carbocycles. The fourth-order valence-electron chi connectivity index (χ4n) is 0. The summed E-state index contributed by atoms with van der Waals surface area (Å²) in [6, 6.07) is 0. The number of phosphoric acid groups is 1. The Morgan fingerprint density at radius 3 is 1.50 bits per heavy atom. The fourth-order valence-corrected chi connectivity index (χ4v) is 0. The summed E-state index contributed by atoms with van der Waals surface area (Å²) >= 11 is 1.07. The van der Waals surface area contributed by atoms with Gasteiger partial charge >= 0.3 is 37.0 Å². The summed E-state index contributed by atoms with van der Waals surface area (Å²) in [5, 5.41) is 0. The molecule has 0 aliphatic carbocycles. The van der Waals surface area contributed by atoms with Crippen molar-refractivity contribution in [3.05, 3.63) is 0 Å². The first-order valence-corrected chi connectivity index (χ1v) is 7.29. The standard InChI is InChI=1S/C2H5.Hg.H3O4P/c1-2;;1-5(2,3)4/h1H2,2H3;;(H3,1,2,3,4)/q;+3;/p-3. The number of hydrogen-bond acceptors (Lipinski definition) is 4. The molecule has 8 heavy (non-hydrogen) atoms. The zero-order valence-electron chi connectivity index (χ0n) is 4.49. The minimum absolute atomic E-state index is 1.07.